The first kappa shape index (κ1) is 26.6. The van der Waals surface area contributed by atoms with Crippen molar-refractivity contribution in [1.82, 2.24) is 9.80 Å². The van der Waals surface area contributed by atoms with Crippen LogP contribution in [0, 0.1) is 20.2 Å². The van der Waals surface area contributed by atoms with Crippen LogP contribution >= 0.6 is 0 Å². The number of rotatable bonds is 9. The van der Waals surface area contributed by atoms with Gasteiger partial charge < -0.3 is 19.6 Å². The van der Waals surface area contributed by atoms with E-state index >= 15 is 0 Å². The average molecular weight is 561 g/mol. The number of hydrogen-bond acceptors (Lipinski definition) is 8. The second-order valence-electron chi connectivity index (χ2n) is 10.3. The summed E-state index contributed by atoms with van der Waals surface area (Å²) in [7, 11) is 0. The maximum Gasteiger partial charge on any atom is 0.269 e. The van der Waals surface area contributed by atoms with Gasteiger partial charge in [-0.25, -0.2) is 0 Å². The van der Waals surface area contributed by atoms with E-state index in [9.17, 15) is 20.2 Å². The van der Waals surface area contributed by atoms with Crippen LogP contribution in [0.3, 0.4) is 0 Å². The molecule has 2 heterocycles. The molecule has 0 amide bonds. The predicted octanol–water partition coefficient (Wildman–Crippen LogP) is 6.67. The summed E-state index contributed by atoms with van der Waals surface area (Å²) in [5, 5.41) is 21.8. The molecule has 0 unspecified atom stereocenters. The molecule has 210 valence electrons. The maximum atomic E-state index is 10.9. The van der Waals surface area contributed by atoms with E-state index < -0.39 is 0 Å². The quantitative estimate of drug-likeness (QED) is 0.165. The van der Waals surface area contributed by atoms with E-state index in [1.165, 1.54) is 0 Å². The van der Waals surface area contributed by atoms with Crippen molar-refractivity contribution in [2.24, 2.45) is 0 Å². The molecule has 0 aliphatic carbocycles. The molecule has 0 aromatic heterocycles. The maximum absolute atomic E-state index is 10.9. The molecule has 0 fully saturated rings. The summed E-state index contributed by atoms with van der Waals surface area (Å²) in [6, 6.07) is 30.3. The Balaban J connectivity index is 1.02. The Morgan fingerprint density at radius 3 is 1.19 bits per heavy atom. The fraction of sp³-hybridized carbons (Fsp3) is 0.125. The highest BCUT2D eigenvalue weighted by Gasteiger charge is 2.17. The molecule has 42 heavy (non-hydrogen) atoms. The smallest absolute Gasteiger partial charge is 0.269 e. The molecule has 0 atom stereocenters. The number of nitrogens with zero attached hydrogens (tertiary/aromatic N) is 6. The predicted molar refractivity (Wildman–Crippen MR) is 162 cm³/mol. The molecular weight excluding hydrogens is 532 g/mol. The van der Waals surface area contributed by atoms with Crippen molar-refractivity contribution in [2.75, 3.05) is 23.1 Å². The van der Waals surface area contributed by atoms with Crippen LogP contribution in [0.5, 0.6) is 0 Å². The number of nitro benzene ring substituents is 2. The highest BCUT2D eigenvalue weighted by atomic mass is 16.6. The Labute approximate surface area is 242 Å². The fourth-order valence-electron chi connectivity index (χ4n) is 5.08. The summed E-state index contributed by atoms with van der Waals surface area (Å²) in [6.45, 7) is 2.76. The highest BCUT2D eigenvalue weighted by Crippen LogP contribution is 2.29. The molecule has 4 aromatic rings. The normalized spacial score (nSPS) is 14.2. The summed E-state index contributed by atoms with van der Waals surface area (Å²) < 4.78 is 0. The lowest BCUT2D eigenvalue weighted by molar-refractivity contribution is -0.385. The lowest BCUT2D eigenvalue weighted by Gasteiger charge is -2.22. The first-order valence-corrected chi connectivity index (χ1v) is 13.5. The fourth-order valence-corrected chi connectivity index (χ4v) is 5.08. The third-order valence-electron chi connectivity index (χ3n) is 7.38. The van der Waals surface area contributed by atoms with E-state index in [1.54, 1.807) is 48.5 Å². The third kappa shape index (κ3) is 5.92. The van der Waals surface area contributed by atoms with Gasteiger partial charge in [0.15, 0.2) is 0 Å². The molecule has 2 aliphatic rings. The molecule has 0 spiro atoms. The number of hydrogen-bond donors (Lipinski definition) is 0. The van der Waals surface area contributed by atoms with Gasteiger partial charge in [-0.2, -0.15) is 0 Å². The minimum Gasteiger partial charge on any atom is -0.354 e. The van der Waals surface area contributed by atoms with Crippen LogP contribution in [-0.4, -0.2) is 33.0 Å². The van der Waals surface area contributed by atoms with Crippen LogP contribution in [0.25, 0.3) is 11.1 Å². The van der Waals surface area contributed by atoms with Crippen molar-refractivity contribution in [3.63, 3.8) is 0 Å². The van der Waals surface area contributed by atoms with Crippen LogP contribution in [0.1, 0.15) is 11.1 Å². The zero-order chi connectivity index (χ0) is 29.1. The lowest BCUT2D eigenvalue weighted by Crippen LogP contribution is -2.24. The van der Waals surface area contributed by atoms with Gasteiger partial charge in [-0.05, 0) is 46.5 Å². The molecule has 6 rings (SSSR count). The van der Waals surface area contributed by atoms with Crippen LogP contribution in [0.4, 0.5) is 22.7 Å². The number of benzene rings is 4. The van der Waals surface area contributed by atoms with E-state index in [2.05, 4.69) is 68.1 Å². The van der Waals surface area contributed by atoms with Gasteiger partial charge in [0.25, 0.3) is 11.4 Å². The minimum atomic E-state index is -0.383. The van der Waals surface area contributed by atoms with Crippen molar-refractivity contribution in [1.29, 1.82) is 0 Å². The Hall–Kier alpha value is -5.64. The van der Waals surface area contributed by atoms with Crippen molar-refractivity contribution in [2.45, 2.75) is 13.1 Å². The summed E-state index contributed by atoms with van der Waals surface area (Å²) in [4.78, 5) is 29.7. The van der Waals surface area contributed by atoms with Crippen LogP contribution < -0.4 is 9.80 Å². The van der Waals surface area contributed by atoms with E-state index in [4.69, 9.17) is 0 Å². The number of anilines is 2. The number of nitro groups is 2. The van der Waals surface area contributed by atoms with Gasteiger partial charge >= 0.3 is 0 Å². The van der Waals surface area contributed by atoms with Crippen LogP contribution in [-0.2, 0) is 13.1 Å². The largest absolute Gasteiger partial charge is 0.354 e. The van der Waals surface area contributed by atoms with Crippen molar-refractivity contribution in [3.8, 4) is 11.1 Å². The molecule has 4 aromatic carbocycles. The third-order valence-corrected chi connectivity index (χ3v) is 7.38. The van der Waals surface area contributed by atoms with Gasteiger partial charge in [-0.15, -0.1) is 0 Å². The van der Waals surface area contributed by atoms with E-state index in [1.807, 2.05) is 24.8 Å². The monoisotopic (exact) mass is 560 g/mol. The van der Waals surface area contributed by atoms with Gasteiger partial charge in [0.05, 0.1) is 23.2 Å². The zero-order valence-electron chi connectivity index (χ0n) is 22.7. The summed E-state index contributed by atoms with van der Waals surface area (Å²) in [5.41, 5.74) is 6.69. The molecule has 0 N–H and O–H groups in total. The summed E-state index contributed by atoms with van der Waals surface area (Å²) in [6.07, 6.45) is 8.16. The molecule has 10 nitrogen and oxygen atoms in total. The Bertz CT molecular complexity index is 1510. The molecule has 0 bridgehead atoms. The molecule has 10 heteroatoms. The number of non-ortho nitro benzene ring substituents is 2. The van der Waals surface area contributed by atoms with Gasteiger partial charge in [-0.3, -0.25) is 20.2 Å². The minimum absolute atomic E-state index is 0.100. The topological polar surface area (TPSA) is 99.2 Å². The van der Waals surface area contributed by atoms with Crippen molar-refractivity contribution < 1.29 is 9.85 Å². The van der Waals surface area contributed by atoms with Gasteiger partial charge in [-0.1, -0.05) is 48.5 Å². The van der Waals surface area contributed by atoms with E-state index in [0.29, 0.717) is 26.4 Å². The summed E-state index contributed by atoms with van der Waals surface area (Å²) >= 11 is 0. The Kier molecular flexibility index (Phi) is 7.25. The first-order valence-electron chi connectivity index (χ1n) is 13.5. The SMILES string of the molecule is O=[N+]([O-])c1ccc(CN2C=CN(c3ccc(-c4ccc(N5C=CN(Cc6ccc([N+](=O)[O-])cc6)C5)cc4)cc3)C2)cc1. The van der Waals surface area contributed by atoms with Gasteiger partial charge in [0.1, 0.15) is 0 Å². The molecule has 0 saturated heterocycles. The Morgan fingerprint density at radius 1 is 0.500 bits per heavy atom. The van der Waals surface area contributed by atoms with Crippen LogP contribution in [0.15, 0.2) is 122 Å². The van der Waals surface area contributed by atoms with Gasteiger partial charge in [0.2, 0.25) is 0 Å². The molecule has 2 aliphatic heterocycles. The second kappa shape index (κ2) is 11.5. The lowest BCUT2D eigenvalue weighted by atomic mass is 10.0. The highest BCUT2D eigenvalue weighted by molar-refractivity contribution is 5.69. The summed E-state index contributed by atoms with van der Waals surface area (Å²) in [5.74, 6) is 0. The molecule has 0 saturated carbocycles. The second-order valence-corrected chi connectivity index (χ2v) is 10.3. The van der Waals surface area contributed by atoms with Crippen molar-refractivity contribution >= 4 is 22.7 Å². The molecule has 0 radical (unpaired) electrons. The Morgan fingerprint density at radius 2 is 0.857 bits per heavy atom. The zero-order valence-corrected chi connectivity index (χ0v) is 22.7. The van der Waals surface area contributed by atoms with Gasteiger partial charge in [0, 0.05) is 73.5 Å². The van der Waals surface area contributed by atoms with E-state index in [-0.39, 0.29) is 21.2 Å². The standard InChI is InChI=1S/C32H28N6O4/c39-37(40)31-9-1-25(2-10-31)21-33-17-19-35(23-33)29-13-5-27(6-14-29)28-7-15-30(16-8-28)36-20-18-34(24-36)22-26-3-11-32(12-4-26)38(41)42/h1-20H,21-24H2. The average Bonchev–Trinajstić information content (AvgIpc) is 3.68. The van der Waals surface area contributed by atoms with Crippen LogP contribution in [0.2, 0.25) is 0 Å². The first-order chi connectivity index (χ1) is 20.4. The molecular formula is C32H28N6O4. The van der Waals surface area contributed by atoms with E-state index in [0.717, 1.165) is 33.6 Å². The van der Waals surface area contributed by atoms with Crippen molar-refractivity contribution in [3.05, 3.63) is 153 Å².